The second-order valence-electron chi connectivity index (χ2n) is 5.40. The number of hydrogen-bond acceptors (Lipinski definition) is 2. The number of carbonyl (C=O) groups is 1. The highest BCUT2D eigenvalue weighted by molar-refractivity contribution is 5.94. The molecule has 1 amide bonds. The van der Waals surface area contributed by atoms with Crippen LogP contribution in [0.1, 0.15) is 21.5 Å². The van der Waals surface area contributed by atoms with Crippen molar-refractivity contribution in [2.24, 2.45) is 0 Å². The summed E-state index contributed by atoms with van der Waals surface area (Å²) in [7, 11) is 1.46. The van der Waals surface area contributed by atoms with Crippen LogP contribution in [-0.4, -0.2) is 31.1 Å². The zero-order chi connectivity index (χ0) is 18.4. The minimum Gasteiger partial charge on any atom is -0.383 e. The Morgan fingerprint density at radius 3 is 2.40 bits per heavy atom. The lowest BCUT2D eigenvalue weighted by molar-refractivity contribution is -0.140. The fourth-order valence-corrected chi connectivity index (χ4v) is 2.32. The standard InChI is InChI=1S/C18H17F4NO2/c1-25-10-9-23(12-13-5-3-2-4-6-13)17(24)14-7-8-16(19)15(11-14)18(20,21)22/h2-8,11H,9-10,12H2,1H3. The predicted octanol–water partition coefficient (Wildman–Crippen LogP) is 4.13. The van der Waals surface area contributed by atoms with Gasteiger partial charge in [0.1, 0.15) is 5.82 Å². The Kier molecular flexibility index (Phi) is 6.14. The Balaban J connectivity index is 2.29. The van der Waals surface area contributed by atoms with E-state index in [2.05, 4.69) is 0 Å². The van der Waals surface area contributed by atoms with Crippen molar-refractivity contribution in [1.29, 1.82) is 0 Å². The molecule has 0 N–H and O–H groups in total. The van der Waals surface area contributed by atoms with Gasteiger partial charge in [0, 0.05) is 25.8 Å². The molecule has 0 saturated heterocycles. The zero-order valence-corrected chi connectivity index (χ0v) is 13.5. The lowest BCUT2D eigenvalue weighted by atomic mass is 10.1. The van der Waals surface area contributed by atoms with Crippen LogP contribution in [0.5, 0.6) is 0 Å². The number of rotatable bonds is 6. The molecule has 0 aromatic heterocycles. The van der Waals surface area contributed by atoms with E-state index in [9.17, 15) is 22.4 Å². The largest absolute Gasteiger partial charge is 0.419 e. The number of carbonyl (C=O) groups excluding carboxylic acids is 1. The first kappa shape index (κ1) is 18.9. The lowest BCUT2D eigenvalue weighted by Crippen LogP contribution is -2.33. The van der Waals surface area contributed by atoms with Crippen molar-refractivity contribution in [3.8, 4) is 0 Å². The van der Waals surface area contributed by atoms with Crippen molar-refractivity contribution in [3.05, 3.63) is 71.0 Å². The maximum absolute atomic E-state index is 13.4. The molecule has 0 aliphatic carbocycles. The molecule has 2 aromatic carbocycles. The van der Waals surface area contributed by atoms with Gasteiger partial charge in [-0.05, 0) is 23.8 Å². The van der Waals surface area contributed by atoms with Gasteiger partial charge < -0.3 is 9.64 Å². The first-order chi connectivity index (χ1) is 11.8. The van der Waals surface area contributed by atoms with E-state index in [-0.39, 0.29) is 25.3 Å². The maximum atomic E-state index is 13.4. The van der Waals surface area contributed by atoms with Crippen LogP contribution in [0.2, 0.25) is 0 Å². The van der Waals surface area contributed by atoms with Gasteiger partial charge in [0.15, 0.2) is 0 Å². The van der Waals surface area contributed by atoms with Crippen LogP contribution >= 0.6 is 0 Å². The number of methoxy groups -OCH3 is 1. The molecule has 2 aromatic rings. The van der Waals surface area contributed by atoms with Gasteiger partial charge in [0.05, 0.1) is 12.2 Å². The summed E-state index contributed by atoms with van der Waals surface area (Å²) >= 11 is 0. The lowest BCUT2D eigenvalue weighted by Gasteiger charge is -2.23. The number of ether oxygens (including phenoxy) is 1. The van der Waals surface area contributed by atoms with E-state index in [0.29, 0.717) is 12.1 Å². The fourth-order valence-electron chi connectivity index (χ4n) is 2.32. The molecule has 0 spiro atoms. The van der Waals surface area contributed by atoms with Gasteiger partial charge in [0.2, 0.25) is 0 Å². The summed E-state index contributed by atoms with van der Waals surface area (Å²) in [4.78, 5) is 14.0. The van der Waals surface area contributed by atoms with E-state index in [1.54, 1.807) is 24.3 Å². The molecule has 3 nitrogen and oxygen atoms in total. The Morgan fingerprint density at radius 2 is 1.80 bits per heavy atom. The summed E-state index contributed by atoms with van der Waals surface area (Å²) in [6.45, 7) is 0.636. The SMILES string of the molecule is COCCN(Cc1ccccc1)C(=O)c1ccc(F)c(C(F)(F)F)c1. The quantitative estimate of drug-likeness (QED) is 0.729. The smallest absolute Gasteiger partial charge is 0.383 e. The Hall–Kier alpha value is -2.41. The van der Waals surface area contributed by atoms with Crippen molar-refractivity contribution in [1.82, 2.24) is 4.90 Å². The van der Waals surface area contributed by atoms with E-state index < -0.39 is 23.5 Å². The van der Waals surface area contributed by atoms with Crippen molar-refractivity contribution >= 4 is 5.91 Å². The minimum atomic E-state index is -4.86. The number of alkyl halides is 3. The molecule has 0 fully saturated rings. The van der Waals surface area contributed by atoms with Crippen molar-refractivity contribution in [2.75, 3.05) is 20.3 Å². The molecule has 0 unspecified atom stereocenters. The van der Waals surface area contributed by atoms with Crippen LogP contribution in [-0.2, 0) is 17.5 Å². The van der Waals surface area contributed by atoms with Crippen LogP contribution in [0.3, 0.4) is 0 Å². The third-order valence-corrected chi connectivity index (χ3v) is 3.59. The average molecular weight is 355 g/mol. The van der Waals surface area contributed by atoms with Gasteiger partial charge in [-0.15, -0.1) is 0 Å². The predicted molar refractivity (Wildman–Crippen MR) is 84.5 cm³/mol. The summed E-state index contributed by atoms with van der Waals surface area (Å²) in [5.41, 5.74) is -0.851. The monoisotopic (exact) mass is 355 g/mol. The molecule has 7 heteroatoms. The van der Waals surface area contributed by atoms with Gasteiger partial charge in [-0.3, -0.25) is 4.79 Å². The van der Waals surface area contributed by atoms with Gasteiger partial charge in [0.25, 0.3) is 5.91 Å². The molecule has 2 rings (SSSR count). The molecular formula is C18H17F4NO2. The van der Waals surface area contributed by atoms with Crippen molar-refractivity contribution < 1.29 is 27.1 Å². The summed E-state index contributed by atoms with van der Waals surface area (Å²) in [6, 6.07) is 11.3. The van der Waals surface area contributed by atoms with E-state index in [4.69, 9.17) is 4.74 Å². The first-order valence-electron chi connectivity index (χ1n) is 7.52. The normalized spacial score (nSPS) is 11.4. The van der Waals surface area contributed by atoms with Crippen LogP contribution in [0.25, 0.3) is 0 Å². The van der Waals surface area contributed by atoms with Gasteiger partial charge in [-0.1, -0.05) is 30.3 Å². The van der Waals surface area contributed by atoms with E-state index in [0.717, 1.165) is 11.6 Å². The fraction of sp³-hybridized carbons (Fsp3) is 0.278. The highest BCUT2D eigenvalue weighted by Gasteiger charge is 2.35. The molecule has 0 saturated carbocycles. The average Bonchev–Trinajstić information content (AvgIpc) is 2.58. The highest BCUT2D eigenvalue weighted by atomic mass is 19.4. The molecule has 25 heavy (non-hydrogen) atoms. The molecule has 0 atom stereocenters. The molecule has 0 aliphatic rings. The topological polar surface area (TPSA) is 29.5 Å². The summed E-state index contributed by atoms with van der Waals surface area (Å²) in [6.07, 6.45) is -4.86. The highest BCUT2D eigenvalue weighted by Crippen LogP contribution is 2.32. The molecule has 0 radical (unpaired) electrons. The van der Waals surface area contributed by atoms with E-state index >= 15 is 0 Å². The van der Waals surface area contributed by atoms with Crippen LogP contribution in [0.4, 0.5) is 17.6 Å². The van der Waals surface area contributed by atoms with Crippen LogP contribution in [0.15, 0.2) is 48.5 Å². The Morgan fingerprint density at radius 1 is 1.12 bits per heavy atom. The zero-order valence-electron chi connectivity index (χ0n) is 13.5. The summed E-state index contributed by atoms with van der Waals surface area (Å²) in [5.74, 6) is -2.03. The van der Waals surface area contributed by atoms with Crippen LogP contribution < -0.4 is 0 Å². The second kappa shape index (κ2) is 8.11. The second-order valence-corrected chi connectivity index (χ2v) is 5.40. The number of benzene rings is 2. The number of halogens is 4. The minimum absolute atomic E-state index is 0.197. The third kappa shape index (κ3) is 5.03. The number of amides is 1. The first-order valence-corrected chi connectivity index (χ1v) is 7.52. The van der Waals surface area contributed by atoms with Gasteiger partial charge in [-0.2, -0.15) is 13.2 Å². The van der Waals surface area contributed by atoms with Gasteiger partial charge in [-0.25, -0.2) is 4.39 Å². The number of nitrogens with zero attached hydrogens (tertiary/aromatic N) is 1. The Bertz CT molecular complexity index is 717. The summed E-state index contributed by atoms with van der Waals surface area (Å²) < 4.78 is 56.9. The van der Waals surface area contributed by atoms with Crippen LogP contribution in [0, 0.1) is 5.82 Å². The molecular weight excluding hydrogens is 338 g/mol. The van der Waals surface area contributed by atoms with Crippen molar-refractivity contribution in [2.45, 2.75) is 12.7 Å². The molecule has 0 heterocycles. The number of hydrogen-bond donors (Lipinski definition) is 0. The van der Waals surface area contributed by atoms with E-state index in [1.807, 2.05) is 6.07 Å². The molecule has 0 bridgehead atoms. The summed E-state index contributed by atoms with van der Waals surface area (Å²) in [5, 5.41) is 0. The van der Waals surface area contributed by atoms with Crippen molar-refractivity contribution in [3.63, 3.8) is 0 Å². The van der Waals surface area contributed by atoms with E-state index in [1.165, 1.54) is 12.0 Å². The van der Waals surface area contributed by atoms with Gasteiger partial charge >= 0.3 is 6.18 Å². The molecule has 0 aliphatic heterocycles. The maximum Gasteiger partial charge on any atom is 0.419 e. The Labute approximate surface area is 142 Å². The third-order valence-electron chi connectivity index (χ3n) is 3.59. The molecule has 134 valence electrons.